The van der Waals surface area contributed by atoms with Crippen LogP contribution < -0.4 is 4.90 Å². The Morgan fingerprint density at radius 1 is 1.44 bits per heavy atom. The number of hydrogen-bond acceptors (Lipinski definition) is 4. The molecule has 18 heavy (non-hydrogen) atoms. The van der Waals surface area contributed by atoms with E-state index in [1.165, 1.54) is 6.92 Å². The average molecular weight is 251 g/mol. The molecule has 0 bridgehead atoms. The van der Waals surface area contributed by atoms with Crippen molar-refractivity contribution in [2.45, 2.75) is 26.8 Å². The van der Waals surface area contributed by atoms with E-state index in [2.05, 4.69) is 18.7 Å². The molecule has 0 fully saturated rings. The second-order valence-corrected chi connectivity index (χ2v) is 4.54. The Labute approximate surface area is 108 Å². The molecule has 0 aliphatic carbocycles. The van der Waals surface area contributed by atoms with Crippen LogP contribution in [0.25, 0.3) is 0 Å². The van der Waals surface area contributed by atoms with Gasteiger partial charge in [-0.1, -0.05) is 0 Å². The van der Waals surface area contributed by atoms with Gasteiger partial charge in [-0.2, -0.15) is 0 Å². The SMILES string of the molecule is COCCN(c1ccc(C(C)=O)c(O)c1)C(C)C. The highest BCUT2D eigenvalue weighted by atomic mass is 16.5. The number of anilines is 1. The third-order valence-electron chi connectivity index (χ3n) is 2.85. The Morgan fingerprint density at radius 2 is 2.11 bits per heavy atom. The Morgan fingerprint density at radius 3 is 2.56 bits per heavy atom. The predicted molar refractivity (Wildman–Crippen MR) is 72.5 cm³/mol. The largest absolute Gasteiger partial charge is 0.507 e. The molecule has 4 nitrogen and oxygen atoms in total. The van der Waals surface area contributed by atoms with Crippen LogP contribution in [0.15, 0.2) is 18.2 Å². The molecular formula is C14H21NO3. The highest BCUT2D eigenvalue weighted by Gasteiger charge is 2.13. The molecule has 0 radical (unpaired) electrons. The third-order valence-corrected chi connectivity index (χ3v) is 2.85. The molecule has 100 valence electrons. The fourth-order valence-corrected chi connectivity index (χ4v) is 1.87. The number of nitrogens with zero attached hydrogens (tertiary/aromatic N) is 1. The zero-order valence-corrected chi connectivity index (χ0v) is 11.4. The van der Waals surface area contributed by atoms with Crippen LogP contribution >= 0.6 is 0 Å². The van der Waals surface area contributed by atoms with Crippen LogP contribution in [0.3, 0.4) is 0 Å². The Kier molecular flexibility index (Phi) is 5.16. The predicted octanol–water partition coefficient (Wildman–Crippen LogP) is 2.46. The van der Waals surface area contributed by atoms with Crippen LogP contribution in [0.2, 0.25) is 0 Å². The van der Waals surface area contributed by atoms with E-state index in [0.29, 0.717) is 18.2 Å². The first kappa shape index (κ1) is 14.5. The van der Waals surface area contributed by atoms with Crippen molar-refractivity contribution in [1.82, 2.24) is 0 Å². The van der Waals surface area contributed by atoms with Crippen molar-refractivity contribution in [2.24, 2.45) is 0 Å². The molecule has 0 saturated carbocycles. The minimum absolute atomic E-state index is 0.0306. The molecule has 0 aliphatic heterocycles. The van der Waals surface area contributed by atoms with Crippen LogP contribution in [0.4, 0.5) is 5.69 Å². The maximum Gasteiger partial charge on any atom is 0.163 e. The number of hydrogen-bond donors (Lipinski definition) is 1. The molecule has 0 aromatic heterocycles. The van der Waals surface area contributed by atoms with Gasteiger partial charge in [-0.25, -0.2) is 0 Å². The number of phenols is 1. The fourth-order valence-electron chi connectivity index (χ4n) is 1.87. The summed E-state index contributed by atoms with van der Waals surface area (Å²) >= 11 is 0. The van der Waals surface area contributed by atoms with Gasteiger partial charge in [0.1, 0.15) is 5.75 Å². The quantitative estimate of drug-likeness (QED) is 0.789. The summed E-state index contributed by atoms with van der Waals surface area (Å²) in [6.45, 7) is 6.96. The number of ether oxygens (including phenoxy) is 1. The van der Waals surface area contributed by atoms with Crippen molar-refractivity contribution in [1.29, 1.82) is 0 Å². The lowest BCUT2D eigenvalue weighted by Crippen LogP contribution is -2.33. The fraction of sp³-hybridized carbons (Fsp3) is 0.500. The van der Waals surface area contributed by atoms with Gasteiger partial charge in [0.15, 0.2) is 5.78 Å². The van der Waals surface area contributed by atoms with Gasteiger partial charge in [-0.05, 0) is 32.9 Å². The molecule has 0 spiro atoms. The molecular weight excluding hydrogens is 230 g/mol. The number of benzene rings is 1. The molecule has 0 saturated heterocycles. The molecule has 0 aliphatic rings. The van der Waals surface area contributed by atoms with Crippen molar-refractivity contribution in [3.63, 3.8) is 0 Å². The summed E-state index contributed by atoms with van der Waals surface area (Å²) in [6.07, 6.45) is 0. The minimum atomic E-state index is -0.132. The number of ketones is 1. The number of methoxy groups -OCH3 is 1. The first-order valence-electron chi connectivity index (χ1n) is 6.07. The van der Waals surface area contributed by atoms with Crippen molar-refractivity contribution < 1.29 is 14.6 Å². The lowest BCUT2D eigenvalue weighted by molar-refractivity contribution is 0.101. The second-order valence-electron chi connectivity index (χ2n) is 4.54. The van der Waals surface area contributed by atoms with Gasteiger partial charge in [0.25, 0.3) is 0 Å². The molecule has 0 heterocycles. The van der Waals surface area contributed by atoms with Gasteiger partial charge >= 0.3 is 0 Å². The summed E-state index contributed by atoms with van der Waals surface area (Å²) in [5, 5.41) is 9.84. The van der Waals surface area contributed by atoms with Crippen molar-refractivity contribution >= 4 is 11.5 Å². The van der Waals surface area contributed by atoms with E-state index >= 15 is 0 Å². The van der Waals surface area contributed by atoms with Gasteiger partial charge in [-0.15, -0.1) is 0 Å². The van der Waals surface area contributed by atoms with E-state index in [1.807, 2.05) is 6.07 Å². The van der Waals surface area contributed by atoms with Gasteiger partial charge in [0.05, 0.1) is 12.2 Å². The maximum atomic E-state index is 11.3. The van der Waals surface area contributed by atoms with Crippen LogP contribution in [-0.2, 0) is 4.74 Å². The minimum Gasteiger partial charge on any atom is -0.507 e. The van der Waals surface area contributed by atoms with Crippen molar-refractivity contribution in [3.8, 4) is 5.75 Å². The van der Waals surface area contributed by atoms with E-state index in [1.54, 1.807) is 19.2 Å². The normalized spacial score (nSPS) is 10.7. The van der Waals surface area contributed by atoms with E-state index in [4.69, 9.17) is 4.74 Å². The summed E-state index contributed by atoms with van der Waals surface area (Å²) in [7, 11) is 1.66. The van der Waals surface area contributed by atoms with Crippen LogP contribution in [0.5, 0.6) is 5.75 Å². The monoisotopic (exact) mass is 251 g/mol. The number of carbonyl (C=O) groups is 1. The summed E-state index contributed by atoms with van der Waals surface area (Å²) in [5.74, 6) is -0.102. The highest BCUT2D eigenvalue weighted by molar-refractivity contribution is 5.97. The van der Waals surface area contributed by atoms with Crippen LogP contribution in [-0.4, -0.2) is 37.2 Å². The summed E-state index contributed by atoms with van der Waals surface area (Å²) in [6, 6.07) is 5.44. The Hall–Kier alpha value is -1.55. The van der Waals surface area contributed by atoms with Crippen molar-refractivity contribution in [3.05, 3.63) is 23.8 Å². The lowest BCUT2D eigenvalue weighted by atomic mass is 10.1. The molecule has 1 N–H and O–H groups in total. The summed E-state index contributed by atoms with van der Waals surface area (Å²) < 4.78 is 5.08. The van der Waals surface area contributed by atoms with Crippen LogP contribution in [0.1, 0.15) is 31.1 Å². The molecule has 0 unspecified atom stereocenters. The number of rotatable bonds is 6. The van der Waals surface area contributed by atoms with Crippen molar-refractivity contribution in [2.75, 3.05) is 25.2 Å². The van der Waals surface area contributed by atoms with E-state index in [-0.39, 0.29) is 11.5 Å². The topological polar surface area (TPSA) is 49.8 Å². The van der Waals surface area contributed by atoms with Gasteiger partial charge < -0.3 is 14.7 Å². The molecule has 1 aromatic carbocycles. The van der Waals surface area contributed by atoms with E-state index < -0.39 is 0 Å². The van der Waals surface area contributed by atoms with Gasteiger partial charge in [0, 0.05) is 31.5 Å². The number of aromatic hydroxyl groups is 1. The number of phenolic OH excluding ortho intramolecular Hbond substituents is 1. The molecule has 1 aromatic rings. The van der Waals surface area contributed by atoms with Crippen LogP contribution in [0, 0.1) is 0 Å². The standard InChI is InChI=1S/C14H21NO3/c1-10(2)15(7-8-18-4)12-5-6-13(11(3)16)14(17)9-12/h5-6,9-10,17H,7-8H2,1-4H3. The summed E-state index contributed by atoms with van der Waals surface area (Å²) in [5.41, 5.74) is 1.25. The van der Waals surface area contributed by atoms with Gasteiger partial charge in [-0.3, -0.25) is 4.79 Å². The Bertz CT molecular complexity index is 416. The first-order chi connectivity index (χ1) is 8.47. The van der Waals surface area contributed by atoms with E-state index in [9.17, 15) is 9.90 Å². The highest BCUT2D eigenvalue weighted by Crippen LogP contribution is 2.26. The smallest absolute Gasteiger partial charge is 0.163 e. The molecule has 4 heteroatoms. The second kappa shape index (κ2) is 6.40. The zero-order chi connectivity index (χ0) is 13.7. The molecule has 1 rings (SSSR count). The maximum absolute atomic E-state index is 11.3. The first-order valence-corrected chi connectivity index (χ1v) is 6.07. The lowest BCUT2D eigenvalue weighted by Gasteiger charge is -2.29. The third kappa shape index (κ3) is 3.47. The number of carbonyl (C=O) groups excluding carboxylic acids is 1. The summed E-state index contributed by atoms with van der Waals surface area (Å²) in [4.78, 5) is 13.4. The molecule has 0 amide bonds. The Balaban J connectivity index is 2.99. The van der Waals surface area contributed by atoms with E-state index in [0.717, 1.165) is 12.2 Å². The molecule has 0 atom stereocenters. The number of Topliss-reactive ketones (excluding diaryl/α,β-unsaturated/α-hetero) is 1. The zero-order valence-electron chi connectivity index (χ0n) is 11.4. The average Bonchev–Trinajstić information content (AvgIpc) is 2.28. The van der Waals surface area contributed by atoms with Gasteiger partial charge in [0.2, 0.25) is 0 Å².